The van der Waals surface area contributed by atoms with Gasteiger partial charge in [0.25, 0.3) is 5.91 Å². The van der Waals surface area contributed by atoms with Crippen molar-refractivity contribution in [2.24, 2.45) is 0 Å². The van der Waals surface area contributed by atoms with E-state index in [1.165, 1.54) is 30.3 Å². The number of aliphatic hydroxyl groups is 2. The smallest absolute Gasteiger partial charge is 0.871 e. The Bertz CT molecular complexity index is 1800. The molecule has 2 atom stereocenters. The Hall–Kier alpha value is -2.47. The first-order chi connectivity index (χ1) is 22.1. The second-order valence-electron chi connectivity index (χ2n) is 10.2. The zero-order valence-corrected chi connectivity index (χ0v) is 29.0. The summed E-state index contributed by atoms with van der Waals surface area (Å²) in [6.45, 7) is 3.45. The van der Waals surface area contributed by atoms with Gasteiger partial charge in [-0.25, -0.2) is 4.39 Å². The zero-order chi connectivity index (χ0) is 34.7. The van der Waals surface area contributed by atoms with Crippen LogP contribution in [0.5, 0.6) is 5.75 Å². The number of hydrogen-bond donors (Lipinski definition) is 3. The first kappa shape index (κ1) is 30.2. The summed E-state index contributed by atoms with van der Waals surface area (Å²) in [5.74, 6) is -3.85. The van der Waals surface area contributed by atoms with Crippen LogP contribution in [0.25, 0.3) is 22.4 Å². The van der Waals surface area contributed by atoms with Crippen LogP contribution in [-0.2, 0) is 11.3 Å². The van der Waals surface area contributed by atoms with Gasteiger partial charge in [-0.1, -0.05) is 68.0 Å². The van der Waals surface area contributed by atoms with Gasteiger partial charge in [-0.15, -0.1) is 0 Å². The van der Waals surface area contributed by atoms with E-state index in [4.69, 9.17) is 6.85 Å². The van der Waals surface area contributed by atoms with Crippen LogP contribution in [0, 0.1) is 5.82 Å². The van der Waals surface area contributed by atoms with Gasteiger partial charge in [0.1, 0.15) is 5.82 Å². The van der Waals surface area contributed by atoms with Gasteiger partial charge in [0, 0.05) is 35.9 Å². The normalized spacial score (nSPS) is 13.7. The standard InChI is InChI=1S/C33H35FN2O6.2Na/c1-20(2)31-30(33(42)35-26-10-6-7-11-27(26)39)29(21-8-4-3-5-9-21)32(22-12-14-23(34)15-13-22)36(31)17-16-24(37)18-25(38)19-28(40)41;;/h3-15,20,24-25,37-39H,16-19H2,1-2H3,(H,35,42)(H,40,41);;/q;2*+1/p-2/t24-,25-;;/m1../s1/i3D,4D,5D,8D,9D;;. The number of para-hydroxylation sites is 2. The molecule has 0 aliphatic carbocycles. The fourth-order valence-corrected chi connectivity index (χ4v) is 4.97. The third-order valence-corrected chi connectivity index (χ3v) is 6.71. The van der Waals surface area contributed by atoms with Gasteiger partial charge in [0.2, 0.25) is 0 Å². The predicted molar refractivity (Wildman–Crippen MR) is 154 cm³/mol. The molecule has 0 saturated heterocycles. The molecule has 1 heterocycles. The number of aliphatic carboxylic acids is 1. The number of aliphatic hydroxyl groups excluding tert-OH is 2. The van der Waals surface area contributed by atoms with E-state index in [1.54, 1.807) is 24.5 Å². The molecular formula is C33H33FN2Na2O6. The number of nitrogens with zero attached hydrogens (tertiary/aromatic N) is 1. The van der Waals surface area contributed by atoms with Crippen molar-refractivity contribution in [3.8, 4) is 28.1 Å². The molecule has 44 heavy (non-hydrogen) atoms. The number of benzene rings is 3. The fourth-order valence-electron chi connectivity index (χ4n) is 4.97. The fraction of sp³-hybridized carbons (Fsp3) is 0.273. The van der Waals surface area contributed by atoms with E-state index in [9.17, 15) is 34.4 Å². The molecule has 3 N–H and O–H groups in total. The maximum Gasteiger partial charge on any atom is 1.00 e. The Morgan fingerprint density at radius 1 is 0.977 bits per heavy atom. The molecule has 1 amide bonds. The molecule has 0 aliphatic rings. The molecule has 3 aromatic carbocycles. The van der Waals surface area contributed by atoms with Crippen molar-refractivity contribution in [3.05, 3.63) is 95.8 Å². The number of carboxylic acid groups (broad SMARTS) is 1. The quantitative estimate of drug-likeness (QED) is 0.157. The van der Waals surface area contributed by atoms with Crippen LogP contribution in [0.4, 0.5) is 10.1 Å². The molecule has 0 unspecified atom stereocenters. The van der Waals surface area contributed by atoms with E-state index in [1.807, 2.05) is 0 Å². The average Bonchev–Trinajstić information content (AvgIpc) is 3.34. The number of hydrogen-bond acceptors (Lipinski definition) is 6. The molecule has 11 heteroatoms. The number of nitrogens with one attached hydrogen (secondary N) is 1. The molecule has 0 saturated carbocycles. The van der Waals surface area contributed by atoms with E-state index in [0.29, 0.717) is 11.3 Å². The monoisotopic (exact) mass is 623 g/mol. The van der Waals surface area contributed by atoms with Crippen molar-refractivity contribution in [1.29, 1.82) is 0 Å². The second kappa shape index (κ2) is 17.3. The number of carbonyl (C=O) groups excluding carboxylic acids is 2. The van der Waals surface area contributed by atoms with Gasteiger partial charge >= 0.3 is 59.1 Å². The largest absolute Gasteiger partial charge is 1.00 e. The summed E-state index contributed by atoms with van der Waals surface area (Å²) in [6.07, 6.45) is -3.68. The summed E-state index contributed by atoms with van der Waals surface area (Å²) in [5.41, 5.74) is 0.265. The molecule has 4 aromatic rings. The first-order valence-electron chi connectivity index (χ1n) is 15.9. The van der Waals surface area contributed by atoms with Gasteiger partial charge in [-0.2, -0.15) is 0 Å². The summed E-state index contributed by atoms with van der Waals surface area (Å²) < 4.78 is 58.2. The Labute approximate surface area is 307 Å². The molecule has 0 aliphatic heterocycles. The third kappa shape index (κ3) is 9.28. The van der Waals surface area contributed by atoms with Crippen LogP contribution in [0.1, 0.15) is 61.9 Å². The molecule has 0 bridgehead atoms. The van der Waals surface area contributed by atoms with Gasteiger partial charge in [0.05, 0.1) is 30.3 Å². The number of aromatic nitrogens is 1. The van der Waals surface area contributed by atoms with Gasteiger partial charge in [-0.3, -0.25) is 4.79 Å². The summed E-state index contributed by atoms with van der Waals surface area (Å²) in [7, 11) is 0. The second-order valence-corrected chi connectivity index (χ2v) is 10.2. The van der Waals surface area contributed by atoms with Crippen LogP contribution < -0.4 is 74.6 Å². The topological polar surface area (TPSA) is 138 Å². The van der Waals surface area contributed by atoms with Crippen LogP contribution in [0.2, 0.25) is 0 Å². The molecule has 0 radical (unpaired) electrons. The van der Waals surface area contributed by atoms with E-state index < -0.39 is 78.2 Å². The van der Waals surface area contributed by atoms with Crippen molar-refractivity contribution in [2.75, 3.05) is 5.32 Å². The zero-order valence-electron chi connectivity index (χ0n) is 30.0. The summed E-state index contributed by atoms with van der Waals surface area (Å²) in [5, 5.41) is 46.9. The Morgan fingerprint density at radius 3 is 2.20 bits per heavy atom. The molecule has 8 nitrogen and oxygen atoms in total. The summed E-state index contributed by atoms with van der Waals surface area (Å²) in [6, 6.07) is 7.64. The number of rotatable bonds is 12. The maximum atomic E-state index is 14.3. The van der Waals surface area contributed by atoms with Crippen molar-refractivity contribution < 1.29 is 100 Å². The predicted octanol–water partition coefficient (Wildman–Crippen LogP) is -1.94. The molecule has 4 rings (SSSR count). The van der Waals surface area contributed by atoms with Crippen molar-refractivity contribution in [3.63, 3.8) is 0 Å². The van der Waals surface area contributed by atoms with E-state index in [0.717, 1.165) is 12.1 Å². The Balaban J connectivity index is 0.00000417. The van der Waals surface area contributed by atoms with E-state index in [-0.39, 0.29) is 107 Å². The molecular weight excluding hydrogens is 585 g/mol. The van der Waals surface area contributed by atoms with Crippen molar-refractivity contribution in [2.45, 2.75) is 57.8 Å². The summed E-state index contributed by atoms with van der Waals surface area (Å²) >= 11 is 0. The number of anilines is 1. The minimum atomic E-state index is -1.49. The first-order valence-corrected chi connectivity index (χ1v) is 13.4. The molecule has 0 spiro atoms. The van der Waals surface area contributed by atoms with Gasteiger partial charge in [-0.05, 0) is 60.2 Å². The van der Waals surface area contributed by atoms with Crippen LogP contribution in [0.3, 0.4) is 0 Å². The molecule has 0 fully saturated rings. The maximum absolute atomic E-state index is 14.3. The molecule has 1 aromatic heterocycles. The summed E-state index contributed by atoms with van der Waals surface area (Å²) in [4.78, 5) is 25.2. The molecule has 220 valence electrons. The Morgan fingerprint density at radius 2 is 1.61 bits per heavy atom. The number of carboxylic acids is 1. The SMILES string of the molecule is [2H]c1c([2H])c([2H])c(-c2c(C(=O)Nc3ccccc3[O-])c(C(C)C)n(CC[C@@H](O)C[C@@H](O)CC(=O)[O-])c2-c2ccc(F)cc2)c([2H])c1[2H].[Na+].[Na+]. The minimum Gasteiger partial charge on any atom is -0.871 e. The van der Waals surface area contributed by atoms with E-state index >= 15 is 0 Å². The van der Waals surface area contributed by atoms with E-state index in [2.05, 4.69) is 5.32 Å². The van der Waals surface area contributed by atoms with Gasteiger partial charge in [0.15, 0.2) is 0 Å². The Kier molecular flexibility index (Phi) is 11.9. The van der Waals surface area contributed by atoms with Crippen LogP contribution >= 0.6 is 0 Å². The van der Waals surface area contributed by atoms with Crippen LogP contribution in [0.15, 0.2) is 78.7 Å². The van der Waals surface area contributed by atoms with Crippen molar-refractivity contribution >= 4 is 17.6 Å². The van der Waals surface area contributed by atoms with Gasteiger partial charge < -0.3 is 35.1 Å². The van der Waals surface area contributed by atoms with Crippen LogP contribution in [-0.4, -0.2) is 38.9 Å². The average molecular weight is 624 g/mol. The number of carbonyl (C=O) groups is 2. The third-order valence-electron chi connectivity index (χ3n) is 6.71. The van der Waals surface area contributed by atoms with Crippen molar-refractivity contribution in [1.82, 2.24) is 4.57 Å². The minimum absolute atomic E-state index is 0. The number of amides is 1. The number of halogens is 1.